The van der Waals surface area contributed by atoms with Crippen LogP contribution < -0.4 is 14.2 Å². The van der Waals surface area contributed by atoms with E-state index < -0.39 is 11.9 Å². The second-order valence-electron chi connectivity index (χ2n) is 6.66. The first-order valence-corrected chi connectivity index (χ1v) is 10.4. The number of methoxy groups -OCH3 is 3. The molecule has 0 N–H and O–H groups in total. The maximum atomic E-state index is 12.8. The van der Waals surface area contributed by atoms with Gasteiger partial charge in [-0.3, -0.25) is 0 Å². The smallest absolute Gasteiger partial charge is 0.363 e. The van der Waals surface area contributed by atoms with Gasteiger partial charge in [-0.25, -0.2) is 14.6 Å². The highest BCUT2D eigenvalue weighted by atomic mass is 32.1. The molecule has 7 nitrogen and oxygen atoms in total. The van der Waals surface area contributed by atoms with Gasteiger partial charge in [0.15, 0.2) is 17.2 Å². The van der Waals surface area contributed by atoms with Gasteiger partial charge in [-0.2, -0.15) is 0 Å². The van der Waals surface area contributed by atoms with E-state index in [1.807, 2.05) is 36.4 Å². The highest BCUT2D eigenvalue weighted by Crippen LogP contribution is 2.39. The number of para-hydroxylation sites is 1. The molecule has 0 aliphatic rings. The quantitative estimate of drug-likeness (QED) is 0.303. The van der Waals surface area contributed by atoms with Crippen LogP contribution in [0, 0.1) is 0 Å². The van der Waals surface area contributed by atoms with Crippen LogP contribution in [0.3, 0.4) is 0 Å². The Morgan fingerprint density at radius 2 is 1.59 bits per heavy atom. The van der Waals surface area contributed by atoms with E-state index in [-0.39, 0.29) is 17.0 Å². The van der Waals surface area contributed by atoms with Gasteiger partial charge in [0.2, 0.25) is 0 Å². The molecule has 8 heteroatoms. The fourth-order valence-corrected chi connectivity index (χ4v) is 4.08. The Morgan fingerprint density at radius 3 is 2.28 bits per heavy atom. The van der Waals surface area contributed by atoms with Crippen molar-refractivity contribution in [2.45, 2.75) is 0 Å². The van der Waals surface area contributed by atoms with E-state index >= 15 is 0 Å². The molecule has 1 heterocycles. The maximum Gasteiger partial charge on any atom is 0.363 e. The normalized spacial score (nSPS) is 10.6. The zero-order chi connectivity index (χ0) is 22.7. The molecule has 0 radical (unpaired) electrons. The minimum atomic E-state index is -0.685. The van der Waals surface area contributed by atoms with Crippen molar-refractivity contribution in [3.8, 4) is 27.8 Å². The number of hydrogen-bond donors (Lipinski definition) is 0. The third-order valence-corrected chi connectivity index (χ3v) is 5.68. The number of nitrogens with zero attached hydrogens (tertiary/aromatic N) is 1. The Morgan fingerprint density at radius 1 is 0.844 bits per heavy atom. The van der Waals surface area contributed by atoms with Gasteiger partial charge in [-0.05, 0) is 35.0 Å². The molecular formula is C24H19NO6S. The molecule has 0 aliphatic heterocycles. The van der Waals surface area contributed by atoms with Crippen molar-refractivity contribution in [3.63, 3.8) is 0 Å². The average molecular weight is 449 g/mol. The molecule has 1 aromatic heterocycles. The summed E-state index contributed by atoms with van der Waals surface area (Å²) in [4.78, 5) is 29.5. The molecule has 0 atom stereocenters. The minimum Gasteiger partial charge on any atom is -0.493 e. The first-order chi connectivity index (χ1) is 15.5. The molecule has 4 aromatic rings. The van der Waals surface area contributed by atoms with Gasteiger partial charge < -0.3 is 18.9 Å². The fourth-order valence-electron chi connectivity index (χ4n) is 3.27. The van der Waals surface area contributed by atoms with Gasteiger partial charge in [0.1, 0.15) is 16.3 Å². The lowest BCUT2D eigenvalue weighted by Gasteiger charge is -2.11. The van der Waals surface area contributed by atoms with Gasteiger partial charge in [0.05, 0.1) is 26.9 Å². The molecular weight excluding hydrogens is 430 g/mol. The van der Waals surface area contributed by atoms with E-state index in [0.29, 0.717) is 22.1 Å². The van der Waals surface area contributed by atoms with Crippen molar-refractivity contribution in [3.05, 3.63) is 71.2 Å². The van der Waals surface area contributed by atoms with E-state index in [0.717, 1.165) is 10.8 Å². The minimum absolute atomic E-state index is 0.106. The van der Waals surface area contributed by atoms with Gasteiger partial charge in [-0.1, -0.05) is 30.3 Å². The first kappa shape index (κ1) is 21.3. The molecule has 0 bridgehead atoms. The van der Waals surface area contributed by atoms with Crippen molar-refractivity contribution in [2.75, 3.05) is 21.3 Å². The number of fused-ring (bicyclic) bond motifs is 1. The number of carbonyl (C=O) groups is 2. The monoisotopic (exact) mass is 449 g/mol. The van der Waals surface area contributed by atoms with Gasteiger partial charge >= 0.3 is 11.9 Å². The molecule has 0 fully saturated rings. The number of thiazole rings is 1. The van der Waals surface area contributed by atoms with Crippen molar-refractivity contribution >= 4 is 34.0 Å². The molecule has 32 heavy (non-hydrogen) atoms. The molecule has 3 aromatic carbocycles. The van der Waals surface area contributed by atoms with E-state index in [1.54, 1.807) is 30.7 Å². The predicted octanol–water partition coefficient (Wildman–Crippen LogP) is 4.99. The summed E-state index contributed by atoms with van der Waals surface area (Å²) in [5.74, 6) is -0.0996. The van der Waals surface area contributed by atoms with Crippen molar-refractivity contribution < 1.29 is 28.5 Å². The third-order valence-electron chi connectivity index (χ3n) is 4.80. The second kappa shape index (κ2) is 9.07. The fraction of sp³-hybridized carbons (Fsp3) is 0.125. The Bertz CT molecular complexity index is 1310. The lowest BCUT2D eigenvalue weighted by atomic mass is 10.1. The SMILES string of the molecule is COC(=O)c1cc2ccccc2cc1OC(=O)c1csc(-c2cccc(OC)c2OC)n1. The van der Waals surface area contributed by atoms with Crippen LogP contribution in [0.25, 0.3) is 21.3 Å². The summed E-state index contributed by atoms with van der Waals surface area (Å²) >= 11 is 1.27. The van der Waals surface area contributed by atoms with E-state index in [9.17, 15) is 9.59 Å². The van der Waals surface area contributed by atoms with Crippen LogP contribution in [0.5, 0.6) is 17.2 Å². The van der Waals surface area contributed by atoms with Gasteiger partial charge in [0.25, 0.3) is 0 Å². The molecule has 0 unspecified atom stereocenters. The number of ether oxygens (including phenoxy) is 4. The lowest BCUT2D eigenvalue weighted by molar-refractivity contribution is 0.0593. The summed E-state index contributed by atoms with van der Waals surface area (Å²) in [5, 5.41) is 3.81. The van der Waals surface area contributed by atoms with Gasteiger partial charge in [0, 0.05) is 5.38 Å². The zero-order valence-corrected chi connectivity index (χ0v) is 18.4. The molecule has 0 aliphatic carbocycles. The van der Waals surface area contributed by atoms with Crippen LogP contribution in [-0.2, 0) is 4.74 Å². The van der Waals surface area contributed by atoms with E-state index in [4.69, 9.17) is 18.9 Å². The van der Waals surface area contributed by atoms with E-state index in [1.165, 1.54) is 25.6 Å². The van der Waals surface area contributed by atoms with Crippen LogP contribution in [0.15, 0.2) is 60.0 Å². The summed E-state index contributed by atoms with van der Waals surface area (Å²) in [6.07, 6.45) is 0. The molecule has 0 amide bonds. The van der Waals surface area contributed by atoms with Crippen LogP contribution in [0.2, 0.25) is 0 Å². The summed E-state index contributed by atoms with van der Waals surface area (Å²) in [6.45, 7) is 0. The molecule has 162 valence electrons. The molecule has 0 spiro atoms. The number of hydrogen-bond acceptors (Lipinski definition) is 8. The Labute approximate surface area is 188 Å². The number of aromatic nitrogens is 1. The summed E-state index contributed by atoms with van der Waals surface area (Å²) in [7, 11) is 4.37. The average Bonchev–Trinajstić information content (AvgIpc) is 3.32. The van der Waals surface area contributed by atoms with Crippen LogP contribution >= 0.6 is 11.3 Å². The Hall–Kier alpha value is -3.91. The zero-order valence-electron chi connectivity index (χ0n) is 17.6. The maximum absolute atomic E-state index is 12.8. The lowest BCUT2D eigenvalue weighted by Crippen LogP contribution is -2.13. The van der Waals surface area contributed by atoms with E-state index in [2.05, 4.69) is 4.98 Å². The standard InChI is InChI=1S/C24H19NO6S/c1-28-19-10-6-9-16(21(19)29-2)22-25-18(13-32-22)24(27)31-20-12-15-8-5-4-7-14(15)11-17(20)23(26)30-3/h4-13H,1-3H3. The van der Waals surface area contributed by atoms with Crippen molar-refractivity contribution in [1.29, 1.82) is 0 Å². The molecule has 4 rings (SSSR count). The number of benzene rings is 3. The summed E-state index contributed by atoms with van der Waals surface area (Å²) in [5.41, 5.74) is 0.958. The second-order valence-corrected chi connectivity index (χ2v) is 7.51. The topological polar surface area (TPSA) is 84.0 Å². The molecule has 0 saturated carbocycles. The Kier molecular flexibility index (Phi) is 6.04. The largest absolute Gasteiger partial charge is 0.493 e. The third kappa shape index (κ3) is 4.00. The number of esters is 2. The summed E-state index contributed by atoms with van der Waals surface area (Å²) < 4.78 is 21.2. The summed E-state index contributed by atoms with van der Waals surface area (Å²) in [6, 6.07) is 16.1. The Balaban J connectivity index is 1.67. The van der Waals surface area contributed by atoms with Crippen LogP contribution in [0.1, 0.15) is 20.8 Å². The molecule has 0 saturated heterocycles. The first-order valence-electron chi connectivity index (χ1n) is 9.56. The predicted molar refractivity (Wildman–Crippen MR) is 121 cm³/mol. The van der Waals surface area contributed by atoms with Gasteiger partial charge in [-0.15, -0.1) is 11.3 Å². The number of carbonyl (C=O) groups excluding carboxylic acids is 2. The van der Waals surface area contributed by atoms with Crippen LogP contribution in [-0.4, -0.2) is 38.3 Å². The van der Waals surface area contributed by atoms with Crippen LogP contribution in [0.4, 0.5) is 0 Å². The number of rotatable bonds is 6. The highest BCUT2D eigenvalue weighted by Gasteiger charge is 2.21. The van der Waals surface area contributed by atoms with Crippen molar-refractivity contribution in [1.82, 2.24) is 4.98 Å². The van der Waals surface area contributed by atoms with Crippen molar-refractivity contribution in [2.24, 2.45) is 0 Å². The highest BCUT2D eigenvalue weighted by molar-refractivity contribution is 7.13.